The van der Waals surface area contributed by atoms with Gasteiger partial charge >= 0.3 is 0 Å². The number of nitrogens with zero attached hydrogens (tertiary/aromatic N) is 3. The van der Waals surface area contributed by atoms with E-state index in [0.717, 1.165) is 0 Å². The van der Waals surface area contributed by atoms with Gasteiger partial charge in [-0.3, -0.25) is 4.79 Å². The molecule has 0 aliphatic carbocycles. The fourth-order valence-corrected chi connectivity index (χ4v) is 0.799. The standard InChI is InChI=1S/C6H9N3O2/c1-5(10)6(11-2)9-4-7-3-8-9/h3-4,6H,1-2H3. The van der Waals surface area contributed by atoms with E-state index in [2.05, 4.69) is 10.1 Å². The summed E-state index contributed by atoms with van der Waals surface area (Å²) in [6.07, 6.45) is 2.15. The highest BCUT2D eigenvalue weighted by molar-refractivity contribution is 5.78. The van der Waals surface area contributed by atoms with Crippen LogP contribution in [0, 0.1) is 0 Å². The summed E-state index contributed by atoms with van der Waals surface area (Å²) in [5.74, 6) is -0.0991. The summed E-state index contributed by atoms with van der Waals surface area (Å²) in [4.78, 5) is 14.6. The molecule has 0 saturated carbocycles. The normalized spacial score (nSPS) is 12.9. The molecule has 1 rings (SSSR count). The van der Waals surface area contributed by atoms with E-state index in [9.17, 15) is 4.79 Å². The molecule has 0 spiro atoms. The summed E-state index contributed by atoms with van der Waals surface area (Å²) in [5.41, 5.74) is 0. The Morgan fingerprint density at radius 1 is 1.73 bits per heavy atom. The van der Waals surface area contributed by atoms with Crippen molar-refractivity contribution in [3.8, 4) is 0 Å². The van der Waals surface area contributed by atoms with Crippen LogP contribution in [0.4, 0.5) is 0 Å². The number of carbonyl (C=O) groups excluding carboxylic acids is 1. The summed E-state index contributed by atoms with van der Waals surface area (Å²) in [6, 6.07) is 0. The number of hydrogen-bond acceptors (Lipinski definition) is 4. The third-order valence-corrected chi connectivity index (χ3v) is 1.25. The molecule has 1 unspecified atom stereocenters. The first-order valence-corrected chi connectivity index (χ1v) is 3.13. The summed E-state index contributed by atoms with van der Waals surface area (Å²) in [7, 11) is 1.45. The van der Waals surface area contributed by atoms with E-state index in [4.69, 9.17) is 4.74 Å². The SMILES string of the molecule is COC(C(C)=O)n1cncn1. The van der Waals surface area contributed by atoms with Crippen molar-refractivity contribution in [2.24, 2.45) is 0 Å². The average molecular weight is 155 g/mol. The number of Topliss-reactive ketones (excluding diaryl/α,β-unsaturated/α-hetero) is 1. The number of ether oxygens (including phenoxy) is 1. The second-order valence-electron chi connectivity index (χ2n) is 2.07. The van der Waals surface area contributed by atoms with Gasteiger partial charge in [0.25, 0.3) is 0 Å². The molecule has 0 N–H and O–H groups in total. The lowest BCUT2D eigenvalue weighted by atomic mass is 10.4. The van der Waals surface area contributed by atoms with Crippen LogP contribution < -0.4 is 0 Å². The van der Waals surface area contributed by atoms with Crippen molar-refractivity contribution in [2.45, 2.75) is 13.2 Å². The largest absolute Gasteiger partial charge is 0.353 e. The number of ketones is 1. The minimum Gasteiger partial charge on any atom is -0.353 e. The van der Waals surface area contributed by atoms with E-state index in [1.54, 1.807) is 0 Å². The number of hydrogen-bond donors (Lipinski definition) is 0. The highest BCUT2D eigenvalue weighted by Gasteiger charge is 2.14. The molecule has 0 saturated heterocycles. The van der Waals surface area contributed by atoms with Crippen LogP contribution in [0.15, 0.2) is 12.7 Å². The zero-order valence-electron chi connectivity index (χ0n) is 6.39. The van der Waals surface area contributed by atoms with Crippen LogP contribution in [0.5, 0.6) is 0 Å². The quantitative estimate of drug-likeness (QED) is 0.617. The molecule has 60 valence electrons. The molecule has 5 heteroatoms. The van der Waals surface area contributed by atoms with E-state index in [1.807, 2.05) is 0 Å². The summed E-state index contributed by atoms with van der Waals surface area (Å²) in [6.45, 7) is 1.44. The van der Waals surface area contributed by atoms with Gasteiger partial charge in [0.05, 0.1) is 0 Å². The minimum absolute atomic E-state index is 0.0991. The van der Waals surface area contributed by atoms with Crippen molar-refractivity contribution >= 4 is 5.78 Å². The summed E-state index contributed by atoms with van der Waals surface area (Å²) in [5, 5.41) is 3.77. The van der Waals surface area contributed by atoms with E-state index in [0.29, 0.717) is 0 Å². The maximum absolute atomic E-state index is 10.9. The zero-order valence-corrected chi connectivity index (χ0v) is 6.39. The van der Waals surface area contributed by atoms with Gasteiger partial charge in [0.2, 0.25) is 6.23 Å². The average Bonchev–Trinajstić information content (AvgIpc) is 2.40. The van der Waals surface area contributed by atoms with Crippen molar-refractivity contribution in [3.63, 3.8) is 0 Å². The molecule has 0 amide bonds. The van der Waals surface area contributed by atoms with Gasteiger partial charge in [-0.05, 0) is 6.92 Å². The maximum Gasteiger partial charge on any atom is 0.210 e. The lowest BCUT2D eigenvalue weighted by Crippen LogP contribution is -2.19. The molecule has 0 aromatic carbocycles. The topological polar surface area (TPSA) is 57.0 Å². The highest BCUT2D eigenvalue weighted by atomic mass is 16.5. The van der Waals surface area contributed by atoms with Gasteiger partial charge in [-0.2, -0.15) is 5.10 Å². The Labute approximate surface area is 64.0 Å². The summed E-state index contributed by atoms with van der Waals surface area (Å²) >= 11 is 0. The van der Waals surface area contributed by atoms with Gasteiger partial charge < -0.3 is 4.74 Å². The molecule has 0 aliphatic rings. The van der Waals surface area contributed by atoms with Crippen LogP contribution >= 0.6 is 0 Å². The Morgan fingerprint density at radius 3 is 2.82 bits per heavy atom. The number of rotatable bonds is 3. The van der Waals surface area contributed by atoms with E-state index < -0.39 is 6.23 Å². The predicted molar refractivity (Wildman–Crippen MR) is 36.7 cm³/mol. The van der Waals surface area contributed by atoms with Crippen molar-refractivity contribution in [1.82, 2.24) is 14.8 Å². The third-order valence-electron chi connectivity index (χ3n) is 1.25. The molecule has 1 heterocycles. The third kappa shape index (κ3) is 1.62. The lowest BCUT2D eigenvalue weighted by molar-refractivity contribution is -0.132. The molecular formula is C6H9N3O2. The Hall–Kier alpha value is -1.23. The molecule has 1 atom stereocenters. The molecule has 0 bridgehead atoms. The minimum atomic E-state index is -0.641. The molecule has 1 aromatic heterocycles. The van der Waals surface area contributed by atoms with Crippen LogP contribution in [0.25, 0.3) is 0 Å². The molecule has 1 aromatic rings. The van der Waals surface area contributed by atoms with Gasteiger partial charge in [-0.25, -0.2) is 9.67 Å². The summed E-state index contributed by atoms with van der Waals surface area (Å²) < 4.78 is 6.23. The van der Waals surface area contributed by atoms with Gasteiger partial charge in [0.1, 0.15) is 12.7 Å². The molecular weight excluding hydrogens is 146 g/mol. The van der Waals surface area contributed by atoms with E-state index in [1.165, 1.54) is 31.4 Å². The van der Waals surface area contributed by atoms with Crippen molar-refractivity contribution in [3.05, 3.63) is 12.7 Å². The Morgan fingerprint density at radius 2 is 2.45 bits per heavy atom. The smallest absolute Gasteiger partial charge is 0.210 e. The Kier molecular flexibility index (Phi) is 2.32. The second kappa shape index (κ2) is 3.25. The molecule has 0 fully saturated rings. The van der Waals surface area contributed by atoms with Crippen molar-refractivity contribution in [1.29, 1.82) is 0 Å². The van der Waals surface area contributed by atoms with Crippen molar-refractivity contribution in [2.75, 3.05) is 7.11 Å². The van der Waals surface area contributed by atoms with Crippen LogP contribution in [0.3, 0.4) is 0 Å². The first-order chi connectivity index (χ1) is 5.25. The second-order valence-corrected chi connectivity index (χ2v) is 2.07. The fraction of sp³-hybridized carbons (Fsp3) is 0.500. The fourth-order valence-electron chi connectivity index (χ4n) is 0.799. The number of methoxy groups -OCH3 is 1. The monoisotopic (exact) mass is 155 g/mol. The van der Waals surface area contributed by atoms with Gasteiger partial charge in [-0.15, -0.1) is 0 Å². The predicted octanol–water partition coefficient (Wildman–Crippen LogP) is 0.0121. The van der Waals surface area contributed by atoms with Crippen molar-refractivity contribution < 1.29 is 9.53 Å². The van der Waals surface area contributed by atoms with E-state index in [-0.39, 0.29) is 5.78 Å². The Balaban J connectivity index is 2.79. The molecule has 0 aliphatic heterocycles. The number of carbonyl (C=O) groups is 1. The maximum atomic E-state index is 10.9. The van der Waals surface area contributed by atoms with Gasteiger partial charge in [-0.1, -0.05) is 0 Å². The van der Waals surface area contributed by atoms with Gasteiger partial charge in [0, 0.05) is 7.11 Å². The van der Waals surface area contributed by atoms with Gasteiger partial charge in [0.15, 0.2) is 5.78 Å². The van der Waals surface area contributed by atoms with Crippen LogP contribution in [-0.4, -0.2) is 27.7 Å². The van der Waals surface area contributed by atoms with E-state index >= 15 is 0 Å². The molecule has 0 radical (unpaired) electrons. The van der Waals surface area contributed by atoms with Crippen LogP contribution in [0.1, 0.15) is 13.2 Å². The highest BCUT2D eigenvalue weighted by Crippen LogP contribution is 2.04. The molecule has 11 heavy (non-hydrogen) atoms. The van der Waals surface area contributed by atoms with Crippen LogP contribution in [0.2, 0.25) is 0 Å². The number of aromatic nitrogens is 3. The lowest BCUT2D eigenvalue weighted by Gasteiger charge is -2.10. The van der Waals surface area contributed by atoms with Crippen LogP contribution in [-0.2, 0) is 9.53 Å². The zero-order chi connectivity index (χ0) is 8.27. The Bertz CT molecular complexity index is 232. The first kappa shape index (κ1) is 7.87. The molecule has 5 nitrogen and oxygen atoms in total. The first-order valence-electron chi connectivity index (χ1n) is 3.13.